The Kier molecular flexibility index (Phi) is 36.3. The molecular formula is C77H102Cl2N9O21PS. The summed E-state index contributed by atoms with van der Waals surface area (Å²) in [5.41, 5.74) is 14.1. The number of thiophene rings is 1. The summed E-state index contributed by atoms with van der Waals surface area (Å²) in [6.45, 7) is 10.3. The number of ether oxygens (including phenoxy) is 10. The van der Waals surface area contributed by atoms with Crippen molar-refractivity contribution in [1.29, 1.82) is 0 Å². The van der Waals surface area contributed by atoms with Crippen molar-refractivity contribution in [2.75, 3.05) is 193 Å². The summed E-state index contributed by atoms with van der Waals surface area (Å²) in [5.74, 6) is -3.27. The Labute approximate surface area is 660 Å². The monoisotopic (exact) mass is 1620 g/mol. The third-order valence-corrected chi connectivity index (χ3v) is 20.6. The highest BCUT2D eigenvalue weighted by molar-refractivity contribution is 7.52. The number of rotatable bonds is 49. The molecule has 5 atom stereocenters. The maximum Gasteiger partial charge on any atom is 0.415 e. The van der Waals surface area contributed by atoms with Crippen LogP contribution < -0.4 is 46.5 Å². The molecule has 5 unspecified atom stereocenters. The number of hydrogen-bond acceptors (Lipinski definition) is 22. The van der Waals surface area contributed by atoms with Crippen molar-refractivity contribution in [3.8, 4) is 11.5 Å². The molecule has 0 aliphatic carbocycles. The molecule has 34 heteroatoms. The minimum atomic E-state index is -4.02. The molecular weight excluding hydrogens is 1520 g/mol. The van der Waals surface area contributed by atoms with Crippen LogP contribution in [0, 0.1) is 11.8 Å². The zero-order valence-electron chi connectivity index (χ0n) is 63.3. The Morgan fingerprint density at radius 1 is 0.631 bits per heavy atom. The molecule has 0 saturated heterocycles. The van der Waals surface area contributed by atoms with Crippen molar-refractivity contribution in [2.45, 2.75) is 64.0 Å². The number of nitrogens with one attached hydrogen (secondary N) is 3. The van der Waals surface area contributed by atoms with Crippen LogP contribution in [-0.4, -0.2) is 246 Å². The van der Waals surface area contributed by atoms with Crippen LogP contribution in [0.3, 0.4) is 0 Å². The van der Waals surface area contributed by atoms with Gasteiger partial charge in [-0.1, -0.05) is 74.5 Å². The van der Waals surface area contributed by atoms with Gasteiger partial charge in [0.05, 0.1) is 120 Å². The van der Waals surface area contributed by atoms with Crippen molar-refractivity contribution >= 4 is 128 Å². The number of anilines is 3. The molecule has 30 nitrogen and oxygen atoms in total. The standard InChI is InChI=1S/C77H102Cl2N9O21PS/c1-51(2)71(84-68(90)22-29-101-33-35-103-37-39-105-41-42-106-40-38-104-36-34-102-30-23-80)63(89)43-53(11-10-24-82-75(81)94)72(91)83-56-18-16-52(17-19-56)50-107-76(95)85(27-31-99-3)25-26-86(28-32-100-4)77(96)108-64-44-61-69(59-14-8-6-12-57(59)64)54(46-78)48-87(61)73(92)66-20-21-67(111-66)74(93)88-49-55(47-79)70-60-15-9-7-13-58(60)65(45-62(70)88)109-110(5,97)98/h6-9,12-21,44-45,51,53-55,71H,10-11,22-43,46-50,80H2,1-5H3,(H,83,91)(H,84,90)(H,97,98)(H3,81,82,94). The molecule has 606 valence electrons. The predicted molar refractivity (Wildman–Crippen MR) is 422 cm³/mol. The lowest BCUT2D eigenvalue weighted by Gasteiger charge is -2.27. The molecule has 8 amide bonds. The van der Waals surface area contributed by atoms with E-state index in [1.165, 1.54) is 24.0 Å². The molecule has 2 aliphatic heterocycles. The van der Waals surface area contributed by atoms with Crippen LogP contribution >= 0.6 is 42.1 Å². The summed E-state index contributed by atoms with van der Waals surface area (Å²) in [7, 11) is -1.06. The van der Waals surface area contributed by atoms with Gasteiger partial charge in [-0.15, -0.1) is 34.5 Å². The highest BCUT2D eigenvalue weighted by Gasteiger charge is 2.40. The molecule has 1 aromatic heterocycles. The van der Waals surface area contributed by atoms with Crippen LogP contribution in [0.5, 0.6) is 11.5 Å². The fraction of sp³-hybridized carbons (Fsp3) is 0.506. The predicted octanol–water partition coefficient (Wildman–Crippen LogP) is 9.50. The first-order valence-corrected chi connectivity index (χ1v) is 40.7. The van der Waals surface area contributed by atoms with E-state index in [9.17, 15) is 47.8 Å². The highest BCUT2D eigenvalue weighted by Crippen LogP contribution is 2.51. The average molecular weight is 1620 g/mol. The van der Waals surface area contributed by atoms with Crippen LogP contribution in [0.2, 0.25) is 0 Å². The Hall–Kier alpha value is -8.11. The molecule has 8 rings (SSSR count). The van der Waals surface area contributed by atoms with E-state index in [0.717, 1.165) is 34.5 Å². The minimum Gasteiger partial charge on any atom is -0.445 e. The van der Waals surface area contributed by atoms with Crippen molar-refractivity contribution in [2.24, 2.45) is 23.3 Å². The molecule has 0 radical (unpaired) electrons. The minimum absolute atomic E-state index is 0.0202. The number of ketones is 1. The van der Waals surface area contributed by atoms with E-state index >= 15 is 0 Å². The van der Waals surface area contributed by atoms with Gasteiger partial charge in [-0.25, -0.2) is 18.9 Å². The zero-order chi connectivity index (χ0) is 79.8. The lowest BCUT2D eigenvalue weighted by Crippen LogP contribution is -2.45. The molecule has 2 aliphatic rings. The topological polar surface area (TPSA) is 376 Å². The molecule has 111 heavy (non-hydrogen) atoms. The van der Waals surface area contributed by atoms with E-state index in [0.29, 0.717) is 111 Å². The molecule has 6 aromatic rings. The molecule has 0 fully saturated rings. The first kappa shape index (κ1) is 88.5. The summed E-state index contributed by atoms with van der Waals surface area (Å²) in [6.07, 6.45) is -1.23. The number of urea groups is 1. The summed E-state index contributed by atoms with van der Waals surface area (Å²) < 4.78 is 73.8. The number of nitrogens with two attached hydrogens (primary N) is 2. The number of methoxy groups -OCH3 is 2. The summed E-state index contributed by atoms with van der Waals surface area (Å²) in [5, 5.41) is 10.8. The number of alkyl halides is 2. The van der Waals surface area contributed by atoms with Gasteiger partial charge in [0.2, 0.25) is 11.8 Å². The maximum absolute atomic E-state index is 14.9. The molecule has 8 N–H and O–H groups in total. The Morgan fingerprint density at radius 3 is 1.59 bits per heavy atom. The SMILES string of the molecule is COCCN(CCN(CCOC)C(=O)Oc1cc2c(c3ccccc13)C(CCl)CN2C(=O)c1ccc(C(=O)N2CC(CCl)c3c2cc(OP(C)(=O)O)c2ccccc32)s1)C(=O)OCc1ccc(NC(=O)C(CCCNC(N)=O)CC(=O)C(NC(=O)CCOCCOCCOCCOCCOCCOCCN)C(C)C)cc1. The highest BCUT2D eigenvalue weighted by atomic mass is 35.5. The second-order valence-electron chi connectivity index (χ2n) is 26.7. The van der Waals surface area contributed by atoms with Gasteiger partial charge in [-0.3, -0.25) is 24.0 Å². The van der Waals surface area contributed by atoms with Gasteiger partial charge in [-0.05, 0) is 70.5 Å². The van der Waals surface area contributed by atoms with Gasteiger partial charge in [-0.2, -0.15) is 0 Å². The molecule has 0 spiro atoms. The second kappa shape index (κ2) is 45.6. The van der Waals surface area contributed by atoms with Crippen molar-refractivity contribution in [1.82, 2.24) is 20.4 Å². The largest absolute Gasteiger partial charge is 0.445 e. The smallest absolute Gasteiger partial charge is 0.415 e. The lowest BCUT2D eigenvalue weighted by atomic mass is 9.89. The van der Waals surface area contributed by atoms with E-state index in [1.54, 1.807) is 96.4 Å². The number of carbonyl (C=O) groups excluding carboxylic acids is 8. The normalized spacial score (nSPS) is 14.9. The summed E-state index contributed by atoms with van der Waals surface area (Å²) in [4.78, 5) is 127. The van der Waals surface area contributed by atoms with E-state index < -0.39 is 61.4 Å². The molecule has 3 heterocycles. The van der Waals surface area contributed by atoms with Crippen LogP contribution in [0.15, 0.2) is 97.1 Å². The van der Waals surface area contributed by atoms with Gasteiger partial charge >= 0.3 is 25.8 Å². The molecule has 5 aromatic carbocycles. The number of hydrogen-bond donors (Lipinski definition) is 6. The van der Waals surface area contributed by atoms with Gasteiger partial charge in [0.1, 0.15) is 18.1 Å². The molecule has 0 saturated carbocycles. The first-order chi connectivity index (χ1) is 53.6. The third kappa shape index (κ3) is 26.5. The number of fused-ring (bicyclic) bond motifs is 6. The van der Waals surface area contributed by atoms with E-state index in [2.05, 4.69) is 16.0 Å². The Morgan fingerprint density at radius 2 is 1.11 bits per heavy atom. The number of benzene rings is 5. The number of halogens is 2. The van der Waals surface area contributed by atoms with Crippen LogP contribution in [-0.2, 0) is 68.2 Å². The number of amides is 8. The van der Waals surface area contributed by atoms with Crippen molar-refractivity contribution in [3.63, 3.8) is 0 Å². The molecule has 0 bridgehead atoms. The van der Waals surface area contributed by atoms with Crippen LogP contribution in [0.4, 0.5) is 31.4 Å². The fourth-order valence-corrected chi connectivity index (χ4v) is 14.7. The third-order valence-electron chi connectivity index (χ3n) is 18.3. The number of nitrogens with zero attached hydrogens (tertiary/aromatic N) is 4. The lowest BCUT2D eigenvalue weighted by molar-refractivity contribution is -0.131. The maximum atomic E-state index is 14.9. The number of primary amides is 1. The van der Waals surface area contributed by atoms with Crippen LogP contribution in [0.1, 0.15) is 87.4 Å². The summed E-state index contributed by atoms with van der Waals surface area (Å²) >= 11 is 14.2. The van der Waals surface area contributed by atoms with Gasteiger partial charge in [0.15, 0.2) is 5.78 Å². The Bertz CT molecular complexity index is 4120. The van der Waals surface area contributed by atoms with Crippen LogP contribution in [0.25, 0.3) is 21.5 Å². The van der Waals surface area contributed by atoms with Gasteiger partial charge in [0.25, 0.3) is 11.8 Å². The number of carbonyl (C=O) groups is 8. The van der Waals surface area contributed by atoms with Gasteiger partial charge in [0, 0.05) is 144 Å². The van der Waals surface area contributed by atoms with Crippen molar-refractivity contribution in [3.05, 3.63) is 124 Å². The average Bonchev–Trinajstić information content (AvgIpc) is 1.63. The number of Topliss-reactive ketones (excluding diaryl/α,β-unsaturated/α-hetero) is 1. The Balaban J connectivity index is 0.840. The summed E-state index contributed by atoms with van der Waals surface area (Å²) in [6, 6.07) is 25.9. The zero-order valence-corrected chi connectivity index (χ0v) is 66.5. The second-order valence-corrected chi connectivity index (χ2v) is 30.2. The first-order valence-electron chi connectivity index (χ1n) is 36.8. The fourth-order valence-electron chi connectivity index (χ4n) is 12.8. The van der Waals surface area contributed by atoms with E-state index in [4.69, 9.17) is 86.6 Å². The quantitative estimate of drug-likeness (QED) is 0.0118. The van der Waals surface area contributed by atoms with E-state index in [1.807, 2.05) is 24.3 Å². The van der Waals surface area contributed by atoms with Crippen molar-refractivity contribution < 1.29 is 99.7 Å². The van der Waals surface area contributed by atoms with E-state index in [-0.39, 0.29) is 161 Å². The van der Waals surface area contributed by atoms with Gasteiger partial charge < -0.3 is 104 Å².